The number of aryl methyl sites for hydroxylation is 1. The average molecular weight is 334 g/mol. The largest absolute Gasteiger partial charge is 0.358 e. The van der Waals surface area contributed by atoms with E-state index >= 15 is 0 Å². The third-order valence-corrected chi connectivity index (χ3v) is 4.36. The first-order valence-corrected chi connectivity index (χ1v) is 8.62. The summed E-state index contributed by atoms with van der Waals surface area (Å²) >= 11 is 0. The number of fused-ring (bicyclic) bond motifs is 1. The highest BCUT2D eigenvalue weighted by Crippen LogP contribution is 2.24. The second-order valence-electron chi connectivity index (χ2n) is 6.15. The van der Waals surface area contributed by atoms with Gasteiger partial charge in [0.15, 0.2) is 0 Å². The molecule has 0 saturated carbocycles. The number of unbranched alkanes of at least 4 members (excludes halogenated alkanes) is 1. The number of para-hydroxylation sites is 2. The van der Waals surface area contributed by atoms with Gasteiger partial charge < -0.3 is 9.88 Å². The molecule has 0 saturated heterocycles. The minimum atomic E-state index is -0.479. The first-order valence-electron chi connectivity index (χ1n) is 8.62. The van der Waals surface area contributed by atoms with Crippen LogP contribution in [0.3, 0.4) is 0 Å². The quantitative estimate of drug-likeness (QED) is 0.533. The second kappa shape index (κ2) is 7.34. The Balaban J connectivity index is 1.98. The number of nitrogens with zero attached hydrogens (tertiary/aromatic N) is 1. The molecule has 3 aromatic rings. The van der Waals surface area contributed by atoms with Crippen molar-refractivity contribution in [2.75, 3.05) is 11.4 Å². The number of amides is 1. The zero-order valence-electron chi connectivity index (χ0n) is 14.6. The van der Waals surface area contributed by atoms with E-state index in [1.165, 1.54) is 0 Å². The molecule has 0 bridgehead atoms. The minimum absolute atomic E-state index is 0.463. The molecule has 2 aromatic carbocycles. The number of ketones is 1. The van der Waals surface area contributed by atoms with E-state index in [4.69, 9.17) is 0 Å². The SMILES string of the molecule is CCCCN(C(=O)C(=O)c1c(C)[nH]c2ccccc12)c1ccccc1. The van der Waals surface area contributed by atoms with Crippen molar-refractivity contribution in [3.63, 3.8) is 0 Å². The second-order valence-corrected chi connectivity index (χ2v) is 6.15. The van der Waals surface area contributed by atoms with E-state index in [9.17, 15) is 9.59 Å². The Morgan fingerprint density at radius 3 is 2.40 bits per heavy atom. The molecule has 0 unspecified atom stereocenters. The molecule has 25 heavy (non-hydrogen) atoms. The fourth-order valence-corrected chi connectivity index (χ4v) is 3.07. The Morgan fingerprint density at radius 1 is 1.00 bits per heavy atom. The Kier molecular flexibility index (Phi) is 4.98. The lowest BCUT2D eigenvalue weighted by Gasteiger charge is -2.22. The van der Waals surface area contributed by atoms with Gasteiger partial charge in [0.1, 0.15) is 0 Å². The summed E-state index contributed by atoms with van der Waals surface area (Å²) in [4.78, 5) is 30.8. The van der Waals surface area contributed by atoms with Crippen LogP contribution in [0.15, 0.2) is 54.6 Å². The van der Waals surface area contributed by atoms with E-state index in [1.54, 1.807) is 4.90 Å². The van der Waals surface area contributed by atoms with Gasteiger partial charge in [-0.05, 0) is 31.5 Å². The molecule has 0 aliphatic heterocycles. The standard InChI is InChI=1S/C21H22N2O2/c1-3-4-14-23(16-10-6-5-7-11-16)21(25)20(24)19-15(2)22-18-13-9-8-12-17(18)19/h5-13,22H,3-4,14H2,1-2H3. The number of benzene rings is 2. The zero-order chi connectivity index (χ0) is 17.8. The molecule has 0 fully saturated rings. The van der Waals surface area contributed by atoms with Gasteiger partial charge in [0, 0.05) is 28.8 Å². The number of hydrogen-bond donors (Lipinski definition) is 1. The first-order chi connectivity index (χ1) is 12.1. The zero-order valence-corrected chi connectivity index (χ0v) is 14.6. The number of hydrogen-bond acceptors (Lipinski definition) is 2. The number of nitrogens with one attached hydrogen (secondary N) is 1. The topological polar surface area (TPSA) is 53.2 Å². The van der Waals surface area contributed by atoms with E-state index in [0.717, 1.165) is 35.1 Å². The molecule has 4 nitrogen and oxygen atoms in total. The molecule has 0 atom stereocenters. The fraction of sp³-hybridized carbons (Fsp3) is 0.238. The molecule has 1 heterocycles. The molecule has 128 valence electrons. The summed E-state index contributed by atoms with van der Waals surface area (Å²) in [6.45, 7) is 4.44. The van der Waals surface area contributed by atoms with Crippen LogP contribution in [-0.4, -0.2) is 23.2 Å². The van der Waals surface area contributed by atoms with E-state index < -0.39 is 11.7 Å². The number of H-pyrrole nitrogens is 1. The highest BCUT2D eigenvalue weighted by atomic mass is 16.2. The molecular weight excluding hydrogens is 312 g/mol. The molecule has 1 N–H and O–H groups in total. The Bertz CT molecular complexity index is 897. The van der Waals surface area contributed by atoms with Gasteiger partial charge in [0.05, 0.1) is 5.56 Å². The normalized spacial score (nSPS) is 10.8. The number of carbonyl (C=O) groups is 2. The van der Waals surface area contributed by atoms with Crippen LogP contribution in [0.5, 0.6) is 0 Å². The molecule has 3 rings (SSSR count). The molecule has 1 aromatic heterocycles. The number of Topliss-reactive ketones (excluding diaryl/α,β-unsaturated/α-hetero) is 1. The van der Waals surface area contributed by atoms with Gasteiger partial charge in [-0.2, -0.15) is 0 Å². The van der Waals surface area contributed by atoms with Crippen molar-refractivity contribution >= 4 is 28.3 Å². The number of anilines is 1. The van der Waals surface area contributed by atoms with Crippen LogP contribution in [0.4, 0.5) is 5.69 Å². The average Bonchev–Trinajstić information content (AvgIpc) is 2.97. The van der Waals surface area contributed by atoms with E-state index in [0.29, 0.717) is 12.1 Å². The molecular formula is C21H22N2O2. The van der Waals surface area contributed by atoms with Crippen LogP contribution in [0.1, 0.15) is 35.8 Å². The van der Waals surface area contributed by atoms with Gasteiger partial charge in [-0.1, -0.05) is 49.7 Å². The summed E-state index contributed by atoms with van der Waals surface area (Å²) in [6, 6.07) is 17.0. The number of aromatic amines is 1. The van der Waals surface area contributed by atoms with Crippen molar-refractivity contribution in [1.82, 2.24) is 4.98 Å². The van der Waals surface area contributed by atoms with Gasteiger partial charge in [0.2, 0.25) is 0 Å². The van der Waals surface area contributed by atoms with Gasteiger partial charge in [-0.25, -0.2) is 0 Å². The lowest BCUT2D eigenvalue weighted by molar-refractivity contribution is -0.114. The first kappa shape index (κ1) is 17.0. The monoisotopic (exact) mass is 334 g/mol. The smallest absolute Gasteiger partial charge is 0.299 e. The summed E-state index contributed by atoms with van der Waals surface area (Å²) in [5.41, 5.74) is 2.82. The summed E-state index contributed by atoms with van der Waals surface area (Å²) in [5, 5.41) is 0.793. The molecule has 0 radical (unpaired) electrons. The highest BCUT2D eigenvalue weighted by molar-refractivity contribution is 6.49. The van der Waals surface area contributed by atoms with Gasteiger partial charge >= 0.3 is 0 Å². The number of aromatic nitrogens is 1. The Labute approximate surface area is 147 Å². The molecule has 0 spiro atoms. The van der Waals surface area contributed by atoms with E-state index in [-0.39, 0.29) is 0 Å². The van der Waals surface area contributed by atoms with Crippen LogP contribution >= 0.6 is 0 Å². The summed E-state index contributed by atoms with van der Waals surface area (Å²) in [7, 11) is 0. The van der Waals surface area contributed by atoms with Gasteiger partial charge in [-0.3, -0.25) is 9.59 Å². The fourth-order valence-electron chi connectivity index (χ4n) is 3.07. The molecule has 4 heteroatoms. The van der Waals surface area contributed by atoms with Gasteiger partial charge in [0.25, 0.3) is 11.7 Å². The number of carbonyl (C=O) groups excluding carboxylic acids is 2. The molecule has 0 aliphatic carbocycles. The van der Waals surface area contributed by atoms with Gasteiger partial charge in [-0.15, -0.1) is 0 Å². The predicted octanol–water partition coefficient (Wildman–Crippen LogP) is 4.49. The van der Waals surface area contributed by atoms with Crippen molar-refractivity contribution in [3.8, 4) is 0 Å². The van der Waals surface area contributed by atoms with Crippen molar-refractivity contribution in [2.45, 2.75) is 26.7 Å². The maximum Gasteiger partial charge on any atom is 0.299 e. The van der Waals surface area contributed by atoms with Crippen LogP contribution < -0.4 is 4.90 Å². The third-order valence-electron chi connectivity index (χ3n) is 4.36. The predicted molar refractivity (Wildman–Crippen MR) is 101 cm³/mol. The van der Waals surface area contributed by atoms with Crippen molar-refractivity contribution in [2.24, 2.45) is 0 Å². The van der Waals surface area contributed by atoms with Crippen molar-refractivity contribution in [1.29, 1.82) is 0 Å². The third kappa shape index (κ3) is 3.33. The van der Waals surface area contributed by atoms with Crippen LogP contribution in [-0.2, 0) is 4.79 Å². The highest BCUT2D eigenvalue weighted by Gasteiger charge is 2.27. The molecule has 0 aliphatic rings. The maximum absolute atomic E-state index is 13.0. The van der Waals surface area contributed by atoms with E-state index in [1.807, 2.05) is 61.5 Å². The summed E-state index contributed by atoms with van der Waals surface area (Å²) in [6.07, 6.45) is 1.80. The Hall–Kier alpha value is -2.88. The maximum atomic E-state index is 13.0. The van der Waals surface area contributed by atoms with Crippen LogP contribution in [0, 0.1) is 6.92 Å². The number of rotatable bonds is 6. The Morgan fingerprint density at radius 2 is 1.68 bits per heavy atom. The van der Waals surface area contributed by atoms with Crippen LogP contribution in [0.25, 0.3) is 10.9 Å². The van der Waals surface area contributed by atoms with Crippen molar-refractivity contribution < 1.29 is 9.59 Å². The van der Waals surface area contributed by atoms with Crippen LogP contribution in [0.2, 0.25) is 0 Å². The van der Waals surface area contributed by atoms with E-state index in [2.05, 4.69) is 11.9 Å². The van der Waals surface area contributed by atoms with Crippen molar-refractivity contribution in [3.05, 3.63) is 65.9 Å². The summed E-state index contributed by atoms with van der Waals surface area (Å²) in [5.74, 6) is -0.942. The molecule has 1 amide bonds. The minimum Gasteiger partial charge on any atom is -0.358 e. The summed E-state index contributed by atoms with van der Waals surface area (Å²) < 4.78 is 0. The lowest BCUT2D eigenvalue weighted by atomic mass is 10.1. The lowest BCUT2D eigenvalue weighted by Crippen LogP contribution is -2.37.